The van der Waals surface area contributed by atoms with Gasteiger partial charge in [0.2, 0.25) is 0 Å². The highest BCUT2D eigenvalue weighted by Gasteiger charge is 2.38. The molecule has 0 unspecified atom stereocenters. The first kappa shape index (κ1) is 23.7. The Balaban J connectivity index is 1.16. The summed E-state index contributed by atoms with van der Waals surface area (Å²) in [6.45, 7) is 8.62. The molecule has 2 aromatic carbocycles. The monoisotopic (exact) mass is 490 g/mol. The van der Waals surface area contributed by atoms with Crippen LogP contribution >= 0.6 is 0 Å². The molecule has 3 aromatic rings. The predicted octanol–water partition coefficient (Wildman–Crippen LogP) is 6.77. The minimum absolute atomic E-state index is 0.102. The number of piperidine rings is 1. The van der Waals surface area contributed by atoms with Crippen LogP contribution in [0.3, 0.4) is 0 Å². The second-order valence-electron chi connectivity index (χ2n) is 10.8. The van der Waals surface area contributed by atoms with Gasteiger partial charge in [-0.1, -0.05) is 48.9 Å². The number of aromatic nitrogens is 2. The molecule has 5 heteroatoms. The summed E-state index contributed by atoms with van der Waals surface area (Å²) in [5.74, 6) is 1.97. The number of allylic oxidation sites excluding steroid dienone is 3. The number of hydrogen-bond acceptors (Lipinski definition) is 5. The van der Waals surface area contributed by atoms with Crippen LogP contribution in [0.2, 0.25) is 0 Å². The van der Waals surface area contributed by atoms with Gasteiger partial charge in [0.15, 0.2) is 0 Å². The van der Waals surface area contributed by atoms with Crippen molar-refractivity contribution in [3.63, 3.8) is 0 Å². The van der Waals surface area contributed by atoms with Crippen molar-refractivity contribution in [1.29, 1.82) is 0 Å². The van der Waals surface area contributed by atoms with Crippen LogP contribution in [0, 0.1) is 12.3 Å². The van der Waals surface area contributed by atoms with Crippen LogP contribution in [-0.4, -0.2) is 35.9 Å². The number of ether oxygens (including phenoxy) is 1. The minimum atomic E-state index is 0.102. The normalized spacial score (nSPS) is 18.5. The molecule has 0 bridgehead atoms. The Morgan fingerprint density at radius 1 is 0.865 bits per heavy atom. The highest BCUT2D eigenvalue weighted by Crippen LogP contribution is 2.43. The number of rotatable bonds is 5. The zero-order valence-corrected chi connectivity index (χ0v) is 22.2. The quantitative estimate of drug-likeness (QED) is 0.396. The molecule has 6 rings (SSSR count). The maximum absolute atomic E-state index is 5.34. The molecule has 188 valence electrons. The molecule has 0 N–H and O–H groups in total. The Hall–Kier alpha value is -3.73. The van der Waals surface area contributed by atoms with Crippen LogP contribution in [0.15, 0.2) is 65.5 Å². The molecule has 0 radical (unpaired) electrons. The van der Waals surface area contributed by atoms with Gasteiger partial charge in [0.1, 0.15) is 17.9 Å². The summed E-state index contributed by atoms with van der Waals surface area (Å²) < 4.78 is 5.34. The number of aryl methyl sites for hydroxylation is 1. The van der Waals surface area contributed by atoms with E-state index in [1.54, 1.807) is 13.4 Å². The summed E-state index contributed by atoms with van der Waals surface area (Å²) >= 11 is 0. The summed E-state index contributed by atoms with van der Waals surface area (Å²) in [4.78, 5) is 17.0. The Morgan fingerprint density at radius 2 is 1.57 bits per heavy atom. The molecular formula is C32H34N4O. The van der Waals surface area contributed by atoms with Crippen molar-refractivity contribution in [3.05, 3.63) is 88.5 Å². The molecule has 3 aliphatic rings. The van der Waals surface area contributed by atoms with Gasteiger partial charge < -0.3 is 9.64 Å². The zero-order valence-electron chi connectivity index (χ0n) is 22.2. The Bertz CT molecular complexity index is 1420. The van der Waals surface area contributed by atoms with E-state index in [1.807, 2.05) is 12.1 Å². The highest BCUT2D eigenvalue weighted by atomic mass is 16.5. The third kappa shape index (κ3) is 4.37. The van der Waals surface area contributed by atoms with Gasteiger partial charge in [0.05, 0.1) is 12.8 Å². The number of benzene rings is 2. The largest absolute Gasteiger partial charge is 0.497 e. The third-order valence-corrected chi connectivity index (χ3v) is 8.43. The second kappa shape index (κ2) is 9.29. The number of anilines is 1. The molecule has 2 aliphatic heterocycles. The number of hydrogen-bond donors (Lipinski definition) is 0. The van der Waals surface area contributed by atoms with Gasteiger partial charge in [0, 0.05) is 48.3 Å². The van der Waals surface area contributed by atoms with Crippen molar-refractivity contribution in [2.24, 2.45) is 10.4 Å². The maximum Gasteiger partial charge on any atom is 0.139 e. The van der Waals surface area contributed by atoms with E-state index in [9.17, 15) is 0 Å². The predicted molar refractivity (Wildman–Crippen MR) is 152 cm³/mol. The average Bonchev–Trinajstić information content (AvgIpc) is 3.54. The maximum atomic E-state index is 5.34. The molecule has 0 amide bonds. The van der Waals surface area contributed by atoms with Crippen molar-refractivity contribution in [2.45, 2.75) is 46.5 Å². The molecule has 0 atom stereocenters. The molecule has 1 saturated heterocycles. The number of nitrogens with zero attached hydrogens (tertiary/aromatic N) is 4. The van der Waals surface area contributed by atoms with Crippen molar-refractivity contribution >= 4 is 28.8 Å². The first-order valence-electron chi connectivity index (χ1n) is 13.2. The standard InChI is InChI=1S/C32H34N4O/c1-21-5-7-23(8-6-21)25-17-28-29(18-25)33-20-34-31(28)36-15-13-32(3,14-16-36)30-19-27(22(2)35-30)24-9-11-26(37-4)12-10-24/h5-12,17,20H,13-16,18-19H2,1-4H3. The third-order valence-electron chi connectivity index (χ3n) is 8.43. The zero-order chi connectivity index (χ0) is 25.6. The highest BCUT2D eigenvalue weighted by molar-refractivity contribution is 6.03. The van der Waals surface area contributed by atoms with Gasteiger partial charge in [-0.25, -0.2) is 9.97 Å². The lowest BCUT2D eigenvalue weighted by Crippen LogP contribution is -2.43. The Morgan fingerprint density at radius 3 is 2.27 bits per heavy atom. The van der Waals surface area contributed by atoms with Gasteiger partial charge in [0.25, 0.3) is 0 Å². The molecule has 0 spiro atoms. The summed E-state index contributed by atoms with van der Waals surface area (Å²) in [7, 11) is 1.71. The number of methoxy groups -OCH3 is 1. The first-order chi connectivity index (χ1) is 17.9. The fraction of sp³-hybridized carbons (Fsp3) is 0.344. The van der Waals surface area contributed by atoms with Crippen molar-refractivity contribution in [1.82, 2.24) is 9.97 Å². The van der Waals surface area contributed by atoms with Gasteiger partial charge in [-0.3, -0.25) is 4.99 Å². The van der Waals surface area contributed by atoms with E-state index >= 15 is 0 Å². The van der Waals surface area contributed by atoms with E-state index < -0.39 is 0 Å². The van der Waals surface area contributed by atoms with E-state index in [0.29, 0.717) is 0 Å². The summed E-state index contributed by atoms with van der Waals surface area (Å²) in [6.07, 6.45) is 7.99. The molecule has 1 aromatic heterocycles. The number of fused-ring (bicyclic) bond motifs is 1. The van der Waals surface area contributed by atoms with Crippen LogP contribution in [0.4, 0.5) is 5.82 Å². The second-order valence-corrected chi connectivity index (χ2v) is 10.8. The smallest absolute Gasteiger partial charge is 0.139 e. The van der Waals surface area contributed by atoms with E-state index in [2.05, 4.69) is 73.1 Å². The van der Waals surface area contributed by atoms with Crippen LogP contribution in [0.5, 0.6) is 5.75 Å². The van der Waals surface area contributed by atoms with Crippen LogP contribution in [-0.2, 0) is 6.42 Å². The lowest BCUT2D eigenvalue weighted by Gasteiger charge is -2.40. The summed E-state index contributed by atoms with van der Waals surface area (Å²) in [5, 5.41) is 0. The Labute approximate surface area is 219 Å². The van der Waals surface area contributed by atoms with E-state index in [0.717, 1.165) is 61.7 Å². The molecule has 5 nitrogen and oxygen atoms in total. The fourth-order valence-electron chi connectivity index (χ4n) is 5.88. The van der Waals surface area contributed by atoms with Crippen molar-refractivity contribution in [2.75, 3.05) is 25.1 Å². The topological polar surface area (TPSA) is 50.6 Å². The van der Waals surface area contributed by atoms with Gasteiger partial charge in [-0.2, -0.15) is 0 Å². The molecule has 3 heterocycles. The average molecular weight is 491 g/mol. The van der Waals surface area contributed by atoms with E-state index in [1.165, 1.54) is 39.1 Å². The Kier molecular flexibility index (Phi) is 5.94. The molecular weight excluding hydrogens is 456 g/mol. The van der Waals surface area contributed by atoms with Gasteiger partial charge in [-0.15, -0.1) is 0 Å². The lowest BCUT2D eigenvalue weighted by atomic mass is 9.74. The lowest BCUT2D eigenvalue weighted by molar-refractivity contribution is 0.351. The number of aliphatic imine (C=N–C) groups is 1. The fourth-order valence-corrected chi connectivity index (χ4v) is 5.88. The van der Waals surface area contributed by atoms with E-state index in [-0.39, 0.29) is 5.41 Å². The summed E-state index contributed by atoms with van der Waals surface area (Å²) in [6, 6.07) is 17.2. The van der Waals surface area contributed by atoms with Crippen LogP contribution in [0.25, 0.3) is 17.2 Å². The molecule has 0 saturated carbocycles. The van der Waals surface area contributed by atoms with Gasteiger partial charge in [-0.05, 0) is 67.2 Å². The minimum Gasteiger partial charge on any atom is -0.497 e. The first-order valence-corrected chi connectivity index (χ1v) is 13.2. The van der Waals surface area contributed by atoms with Gasteiger partial charge >= 0.3 is 0 Å². The molecule has 1 fully saturated rings. The van der Waals surface area contributed by atoms with Crippen molar-refractivity contribution in [3.8, 4) is 5.75 Å². The SMILES string of the molecule is COc1ccc(C2=C(C)N=C(C3(C)CCN(c4ncnc5c4C=C(c4ccc(C)cc4)C5)CC3)C2)cc1. The van der Waals surface area contributed by atoms with Crippen LogP contribution in [0.1, 0.15) is 61.1 Å². The molecule has 1 aliphatic carbocycles. The van der Waals surface area contributed by atoms with Crippen LogP contribution < -0.4 is 9.64 Å². The summed E-state index contributed by atoms with van der Waals surface area (Å²) in [5.41, 5.74) is 11.4. The van der Waals surface area contributed by atoms with Crippen molar-refractivity contribution < 1.29 is 4.74 Å². The van der Waals surface area contributed by atoms with E-state index in [4.69, 9.17) is 14.7 Å². The molecule has 37 heavy (non-hydrogen) atoms.